The van der Waals surface area contributed by atoms with E-state index in [0.29, 0.717) is 18.0 Å². The Kier molecular flexibility index (Phi) is 4.74. The molecule has 2 rings (SSSR count). The van der Waals surface area contributed by atoms with Gasteiger partial charge in [-0.05, 0) is 32.0 Å². The van der Waals surface area contributed by atoms with Crippen molar-refractivity contribution in [1.29, 1.82) is 0 Å². The standard InChI is InChI=1S/C13H19N3O2S2/c1-16-7-6-10(9-16)8-15-20(17,18)12-5-3-2-4-11(12)13(14)19/h2-5,10,15H,6-9H2,1H3,(H2,14,19). The molecule has 0 aromatic heterocycles. The lowest BCUT2D eigenvalue weighted by Gasteiger charge is -2.14. The molecule has 5 nitrogen and oxygen atoms in total. The minimum atomic E-state index is -3.58. The van der Waals surface area contributed by atoms with Crippen LogP contribution in [0, 0.1) is 5.92 Å². The molecule has 1 fully saturated rings. The minimum absolute atomic E-state index is 0.0894. The fraction of sp³-hybridized carbons (Fsp3) is 0.462. The minimum Gasteiger partial charge on any atom is -0.389 e. The first-order valence-corrected chi connectivity index (χ1v) is 8.36. The quantitative estimate of drug-likeness (QED) is 0.777. The number of likely N-dealkylation sites (tertiary alicyclic amines) is 1. The van der Waals surface area contributed by atoms with E-state index < -0.39 is 10.0 Å². The Bertz CT molecular complexity index is 601. The summed E-state index contributed by atoms with van der Waals surface area (Å²) in [5.41, 5.74) is 5.97. The van der Waals surface area contributed by atoms with Gasteiger partial charge in [-0.15, -0.1) is 0 Å². The first-order valence-electron chi connectivity index (χ1n) is 6.47. The second kappa shape index (κ2) is 6.17. The van der Waals surface area contributed by atoms with Crippen molar-refractivity contribution >= 4 is 27.2 Å². The van der Waals surface area contributed by atoms with Gasteiger partial charge in [0, 0.05) is 18.7 Å². The molecular weight excluding hydrogens is 294 g/mol. The number of nitrogens with one attached hydrogen (secondary N) is 1. The van der Waals surface area contributed by atoms with Crippen LogP contribution in [-0.4, -0.2) is 45.0 Å². The molecular formula is C13H19N3O2S2. The van der Waals surface area contributed by atoms with Crippen LogP contribution in [0.2, 0.25) is 0 Å². The summed E-state index contributed by atoms with van der Waals surface area (Å²) in [6.07, 6.45) is 1.01. The van der Waals surface area contributed by atoms with E-state index in [0.717, 1.165) is 19.5 Å². The predicted octanol–water partition coefficient (Wildman–Crippen LogP) is 0.551. The van der Waals surface area contributed by atoms with Crippen molar-refractivity contribution < 1.29 is 8.42 Å². The third-order valence-electron chi connectivity index (χ3n) is 3.49. The van der Waals surface area contributed by atoms with Crippen LogP contribution in [0.25, 0.3) is 0 Å². The van der Waals surface area contributed by atoms with Crippen molar-refractivity contribution in [3.63, 3.8) is 0 Å². The molecule has 7 heteroatoms. The normalized spacial score (nSPS) is 20.1. The maximum atomic E-state index is 12.4. The van der Waals surface area contributed by atoms with Gasteiger partial charge in [-0.3, -0.25) is 0 Å². The summed E-state index contributed by atoms with van der Waals surface area (Å²) >= 11 is 4.90. The summed E-state index contributed by atoms with van der Waals surface area (Å²) < 4.78 is 27.4. The summed E-state index contributed by atoms with van der Waals surface area (Å²) in [6, 6.07) is 6.54. The van der Waals surface area contributed by atoms with Crippen LogP contribution in [0.5, 0.6) is 0 Å². The smallest absolute Gasteiger partial charge is 0.241 e. The molecule has 1 aromatic carbocycles. The summed E-state index contributed by atoms with van der Waals surface area (Å²) in [7, 11) is -1.54. The van der Waals surface area contributed by atoms with Gasteiger partial charge in [0.15, 0.2) is 0 Å². The molecule has 3 N–H and O–H groups in total. The average molecular weight is 313 g/mol. The molecule has 0 saturated carbocycles. The van der Waals surface area contributed by atoms with Crippen molar-refractivity contribution in [2.24, 2.45) is 11.7 Å². The van der Waals surface area contributed by atoms with Crippen LogP contribution in [0.4, 0.5) is 0 Å². The Labute approximate surface area is 125 Å². The number of rotatable bonds is 5. The van der Waals surface area contributed by atoms with Crippen molar-refractivity contribution in [2.45, 2.75) is 11.3 Å². The second-order valence-electron chi connectivity index (χ2n) is 5.13. The topological polar surface area (TPSA) is 75.4 Å². The number of nitrogens with two attached hydrogens (primary N) is 1. The van der Waals surface area contributed by atoms with Gasteiger partial charge in [-0.1, -0.05) is 30.4 Å². The Morgan fingerprint density at radius 1 is 1.50 bits per heavy atom. The van der Waals surface area contributed by atoms with Crippen molar-refractivity contribution in [3.05, 3.63) is 29.8 Å². The number of sulfonamides is 1. The summed E-state index contributed by atoms with van der Waals surface area (Å²) in [5.74, 6) is 0.353. The van der Waals surface area contributed by atoms with Crippen LogP contribution in [-0.2, 0) is 10.0 Å². The Hall–Kier alpha value is -1.02. The fourth-order valence-corrected chi connectivity index (χ4v) is 3.98. The van der Waals surface area contributed by atoms with E-state index in [4.69, 9.17) is 18.0 Å². The van der Waals surface area contributed by atoms with Gasteiger partial charge < -0.3 is 10.6 Å². The molecule has 0 radical (unpaired) electrons. The van der Waals surface area contributed by atoms with Crippen molar-refractivity contribution in [1.82, 2.24) is 9.62 Å². The molecule has 1 saturated heterocycles. The molecule has 1 aliphatic rings. The van der Waals surface area contributed by atoms with Crippen LogP contribution in [0.15, 0.2) is 29.2 Å². The third kappa shape index (κ3) is 3.54. The van der Waals surface area contributed by atoms with Crippen LogP contribution in [0.3, 0.4) is 0 Å². The Balaban J connectivity index is 2.12. The molecule has 1 aromatic rings. The number of thiocarbonyl (C=S) groups is 1. The first kappa shape index (κ1) is 15.4. The van der Waals surface area contributed by atoms with Gasteiger partial charge >= 0.3 is 0 Å². The highest BCUT2D eigenvalue weighted by molar-refractivity contribution is 7.89. The number of hydrogen-bond donors (Lipinski definition) is 2. The summed E-state index contributed by atoms with van der Waals surface area (Å²) in [6.45, 7) is 2.37. The van der Waals surface area contributed by atoms with Gasteiger partial charge in [-0.25, -0.2) is 13.1 Å². The Morgan fingerprint density at radius 3 is 2.80 bits per heavy atom. The molecule has 1 unspecified atom stereocenters. The van der Waals surface area contributed by atoms with Crippen LogP contribution < -0.4 is 10.5 Å². The molecule has 0 spiro atoms. The highest BCUT2D eigenvalue weighted by atomic mass is 32.2. The summed E-state index contributed by atoms with van der Waals surface area (Å²) in [4.78, 5) is 2.44. The molecule has 0 aliphatic carbocycles. The van der Waals surface area contributed by atoms with E-state index in [-0.39, 0.29) is 9.88 Å². The van der Waals surface area contributed by atoms with E-state index in [1.165, 1.54) is 6.07 Å². The van der Waals surface area contributed by atoms with Crippen LogP contribution >= 0.6 is 12.2 Å². The van der Waals surface area contributed by atoms with Gasteiger partial charge in [-0.2, -0.15) is 0 Å². The highest BCUT2D eigenvalue weighted by Gasteiger charge is 2.24. The highest BCUT2D eigenvalue weighted by Crippen LogP contribution is 2.17. The van der Waals surface area contributed by atoms with Crippen LogP contribution in [0.1, 0.15) is 12.0 Å². The van der Waals surface area contributed by atoms with Crippen molar-refractivity contribution in [3.8, 4) is 0 Å². The summed E-state index contributed by atoms with van der Waals surface area (Å²) in [5, 5.41) is 0. The number of nitrogens with zero attached hydrogens (tertiary/aromatic N) is 1. The van der Waals surface area contributed by atoms with E-state index in [1.54, 1.807) is 18.2 Å². The zero-order valence-electron chi connectivity index (χ0n) is 11.4. The average Bonchev–Trinajstić information content (AvgIpc) is 2.82. The van der Waals surface area contributed by atoms with E-state index in [9.17, 15) is 8.42 Å². The van der Waals surface area contributed by atoms with Gasteiger partial charge in [0.1, 0.15) is 4.99 Å². The predicted molar refractivity (Wildman–Crippen MR) is 83.1 cm³/mol. The first-order chi connectivity index (χ1) is 9.40. The molecule has 0 bridgehead atoms. The molecule has 1 heterocycles. The second-order valence-corrected chi connectivity index (χ2v) is 7.30. The van der Waals surface area contributed by atoms with E-state index in [2.05, 4.69) is 9.62 Å². The zero-order chi connectivity index (χ0) is 14.8. The SMILES string of the molecule is CN1CCC(CNS(=O)(=O)c2ccccc2C(N)=S)C1. The molecule has 1 aliphatic heterocycles. The largest absolute Gasteiger partial charge is 0.389 e. The number of benzene rings is 1. The van der Waals surface area contributed by atoms with Gasteiger partial charge in [0.25, 0.3) is 0 Å². The molecule has 20 heavy (non-hydrogen) atoms. The number of hydrogen-bond acceptors (Lipinski definition) is 4. The van der Waals surface area contributed by atoms with E-state index in [1.807, 2.05) is 7.05 Å². The van der Waals surface area contributed by atoms with Crippen molar-refractivity contribution in [2.75, 3.05) is 26.7 Å². The lowest BCUT2D eigenvalue weighted by molar-refractivity contribution is 0.394. The maximum absolute atomic E-state index is 12.4. The lowest BCUT2D eigenvalue weighted by atomic mass is 10.1. The maximum Gasteiger partial charge on any atom is 0.241 e. The molecule has 0 amide bonds. The zero-order valence-corrected chi connectivity index (χ0v) is 13.0. The van der Waals surface area contributed by atoms with Gasteiger partial charge in [0.05, 0.1) is 4.90 Å². The van der Waals surface area contributed by atoms with E-state index >= 15 is 0 Å². The monoisotopic (exact) mass is 313 g/mol. The molecule has 110 valence electrons. The Morgan fingerprint density at radius 2 is 2.20 bits per heavy atom. The molecule has 1 atom stereocenters. The van der Waals surface area contributed by atoms with Gasteiger partial charge in [0.2, 0.25) is 10.0 Å². The fourth-order valence-electron chi connectivity index (χ4n) is 2.40. The third-order valence-corrected chi connectivity index (χ3v) is 5.19. The lowest BCUT2D eigenvalue weighted by Crippen LogP contribution is -2.32.